The Kier molecular flexibility index (Phi) is 3.38. The third-order valence-electron chi connectivity index (χ3n) is 3.09. The second-order valence-electron chi connectivity index (χ2n) is 4.81. The molecule has 1 atom stereocenters. The molecule has 7 heteroatoms. The molecular formula is C12H14F3N3O. The Balaban J connectivity index is 2.17. The molecule has 1 aliphatic heterocycles. The largest absolute Gasteiger partial charge is 0.433 e. The topological polar surface area (TPSA) is 45.2 Å². The molecule has 104 valence electrons. The summed E-state index contributed by atoms with van der Waals surface area (Å²) in [6.45, 7) is 4.38. The van der Waals surface area contributed by atoms with Crippen LogP contribution in [0.1, 0.15) is 19.5 Å². The minimum atomic E-state index is -4.47. The number of carbonyl (C=O) groups is 1. The van der Waals surface area contributed by atoms with Crippen LogP contribution in [0.25, 0.3) is 0 Å². The van der Waals surface area contributed by atoms with Crippen LogP contribution in [0.5, 0.6) is 0 Å². The van der Waals surface area contributed by atoms with Gasteiger partial charge in [-0.1, -0.05) is 13.8 Å². The molecule has 1 aromatic heterocycles. The molecule has 0 radical (unpaired) electrons. The summed E-state index contributed by atoms with van der Waals surface area (Å²) in [7, 11) is 0. The average Bonchev–Trinajstić information content (AvgIpc) is 2.70. The monoisotopic (exact) mass is 273 g/mol. The van der Waals surface area contributed by atoms with E-state index in [1.807, 2.05) is 13.8 Å². The summed E-state index contributed by atoms with van der Waals surface area (Å²) >= 11 is 0. The lowest BCUT2D eigenvalue weighted by Gasteiger charge is -2.16. The number of amides is 2. The van der Waals surface area contributed by atoms with Crippen LogP contribution in [0.15, 0.2) is 18.3 Å². The number of hydrogen-bond acceptors (Lipinski definition) is 2. The highest BCUT2D eigenvalue weighted by molar-refractivity contribution is 5.94. The second-order valence-corrected chi connectivity index (χ2v) is 4.81. The average molecular weight is 273 g/mol. The van der Waals surface area contributed by atoms with Gasteiger partial charge in [-0.3, -0.25) is 4.90 Å². The lowest BCUT2D eigenvalue weighted by Crippen LogP contribution is -2.31. The molecule has 1 aliphatic rings. The summed E-state index contributed by atoms with van der Waals surface area (Å²) in [4.78, 5) is 16.5. The summed E-state index contributed by atoms with van der Waals surface area (Å²) < 4.78 is 37.2. The number of nitrogens with zero attached hydrogens (tertiary/aromatic N) is 2. The van der Waals surface area contributed by atoms with Gasteiger partial charge in [0.15, 0.2) is 0 Å². The van der Waals surface area contributed by atoms with E-state index in [0.717, 1.165) is 12.3 Å². The van der Waals surface area contributed by atoms with E-state index >= 15 is 0 Å². The molecule has 1 aromatic rings. The maximum absolute atomic E-state index is 12.4. The molecule has 0 aliphatic carbocycles. The molecule has 1 fully saturated rings. The number of carbonyl (C=O) groups excluding carboxylic acids is 1. The van der Waals surface area contributed by atoms with Gasteiger partial charge < -0.3 is 5.32 Å². The number of halogens is 3. The third-order valence-corrected chi connectivity index (χ3v) is 3.09. The van der Waals surface area contributed by atoms with E-state index in [-0.39, 0.29) is 18.0 Å². The van der Waals surface area contributed by atoms with Crippen molar-refractivity contribution < 1.29 is 18.0 Å². The fourth-order valence-corrected chi connectivity index (χ4v) is 1.88. The van der Waals surface area contributed by atoms with Gasteiger partial charge >= 0.3 is 12.2 Å². The van der Waals surface area contributed by atoms with Crippen molar-refractivity contribution >= 4 is 11.7 Å². The molecule has 2 heterocycles. The second kappa shape index (κ2) is 4.71. The van der Waals surface area contributed by atoms with E-state index in [2.05, 4.69) is 10.3 Å². The summed E-state index contributed by atoms with van der Waals surface area (Å²) in [6.07, 6.45) is -3.39. The highest BCUT2D eigenvalue weighted by Crippen LogP contribution is 2.29. The molecule has 0 spiro atoms. The number of alkyl halides is 3. The van der Waals surface area contributed by atoms with Crippen molar-refractivity contribution in [3.63, 3.8) is 0 Å². The number of rotatable bonds is 2. The van der Waals surface area contributed by atoms with E-state index in [0.29, 0.717) is 12.2 Å². The van der Waals surface area contributed by atoms with Gasteiger partial charge in [0, 0.05) is 6.54 Å². The molecule has 0 unspecified atom stereocenters. The van der Waals surface area contributed by atoms with Crippen LogP contribution in [0, 0.1) is 5.92 Å². The van der Waals surface area contributed by atoms with E-state index in [1.54, 1.807) is 0 Å². The van der Waals surface area contributed by atoms with Crippen molar-refractivity contribution in [2.45, 2.75) is 26.1 Å². The quantitative estimate of drug-likeness (QED) is 0.900. The number of aromatic nitrogens is 1. The molecule has 0 bridgehead atoms. The number of anilines is 1. The van der Waals surface area contributed by atoms with Gasteiger partial charge in [-0.2, -0.15) is 13.2 Å². The number of hydrogen-bond donors (Lipinski definition) is 1. The fourth-order valence-electron chi connectivity index (χ4n) is 1.88. The Labute approximate surface area is 108 Å². The van der Waals surface area contributed by atoms with Crippen LogP contribution < -0.4 is 10.2 Å². The Morgan fingerprint density at radius 1 is 1.42 bits per heavy atom. The lowest BCUT2D eigenvalue weighted by molar-refractivity contribution is -0.141. The predicted octanol–water partition coefficient (Wildman–Crippen LogP) is 2.65. The highest BCUT2D eigenvalue weighted by atomic mass is 19.4. The molecular weight excluding hydrogens is 259 g/mol. The summed E-state index contributed by atoms with van der Waals surface area (Å²) in [5.74, 6) is 0.261. The molecule has 1 N–H and O–H groups in total. The molecule has 2 rings (SSSR count). The van der Waals surface area contributed by atoms with Crippen molar-refractivity contribution in [1.29, 1.82) is 0 Å². The maximum Gasteiger partial charge on any atom is 0.433 e. The van der Waals surface area contributed by atoms with Crippen molar-refractivity contribution in [3.05, 3.63) is 24.0 Å². The summed E-state index contributed by atoms with van der Waals surface area (Å²) in [5.41, 5.74) is -0.593. The highest BCUT2D eigenvalue weighted by Gasteiger charge is 2.34. The van der Waals surface area contributed by atoms with Crippen LogP contribution in [0.3, 0.4) is 0 Å². The molecule has 0 aromatic carbocycles. The number of pyridine rings is 1. The lowest BCUT2D eigenvalue weighted by atomic mass is 10.1. The standard InChI is InChI=1S/C12H14F3N3O/c1-7(2)9-6-18(11(19)17-9)8-3-4-10(16-5-8)12(13,14)15/h3-5,7,9H,6H2,1-2H3,(H,17,19)/t9-/m0/s1. The van der Waals surface area contributed by atoms with Crippen molar-refractivity contribution in [1.82, 2.24) is 10.3 Å². The maximum atomic E-state index is 12.4. The SMILES string of the molecule is CC(C)[C@@H]1CN(c2ccc(C(F)(F)F)nc2)C(=O)N1. The minimum absolute atomic E-state index is 0.00482. The van der Waals surface area contributed by atoms with Gasteiger partial charge in [-0.05, 0) is 18.1 Å². The van der Waals surface area contributed by atoms with Crippen LogP contribution in [-0.4, -0.2) is 23.6 Å². The van der Waals surface area contributed by atoms with Gasteiger partial charge in [-0.25, -0.2) is 9.78 Å². The number of urea groups is 1. The van der Waals surface area contributed by atoms with Gasteiger partial charge in [0.1, 0.15) is 5.69 Å². The normalized spacial score (nSPS) is 20.0. The zero-order valence-corrected chi connectivity index (χ0v) is 10.5. The van der Waals surface area contributed by atoms with Crippen LogP contribution >= 0.6 is 0 Å². The molecule has 0 saturated carbocycles. The zero-order valence-electron chi connectivity index (χ0n) is 10.5. The Bertz CT molecular complexity index is 470. The summed E-state index contributed by atoms with van der Waals surface area (Å²) in [5, 5.41) is 2.78. The van der Waals surface area contributed by atoms with Crippen LogP contribution in [-0.2, 0) is 6.18 Å². The van der Waals surface area contributed by atoms with E-state index in [9.17, 15) is 18.0 Å². The smallest absolute Gasteiger partial charge is 0.333 e. The molecule has 2 amide bonds. The molecule has 19 heavy (non-hydrogen) atoms. The first-order chi connectivity index (χ1) is 8.79. The fraction of sp³-hybridized carbons (Fsp3) is 0.500. The number of nitrogens with one attached hydrogen (secondary N) is 1. The minimum Gasteiger partial charge on any atom is -0.333 e. The van der Waals surface area contributed by atoms with Crippen molar-refractivity contribution in [3.8, 4) is 0 Å². The summed E-state index contributed by atoms with van der Waals surface area (Å²) in [6, 6.07) is 1.83. The third kappa shape index (κ3) is 2.80. The first-order valence-electron chi connectivity index (χ1n) is 5.90. The van der Waals surface area contributed by atoms with Crippen molar-refractivity contribution in [2.24, 2.45) is 5.92 Å². The van der Waals surface area contributed by atoms with Gasteiger partial charge in [0.05, 0.1) is 17.9 Å². The van der Waals surface area contributed by atoms with Crippen LogP contribution in [0.4, 0.5) is 23.7 Å². The Morgan fingerprint density at radius 3 is 2.53 bits per heavy atom. The van der Waals surface area contributed by atoms with Gasteiger partial charge in [0.25, 0.3) is 0 Å². The predicted molar refractivity (Wildman–Crippen MR) is 63.7 cm³/mol. The first kappa shape index (κ1) is 13.6. The van der Waals surface area contributed by atoms with Gasteiger partial charge in [-0.15, -0.1) is 0 Å². The Morgan fingerprint density at radius 2 is 2.11 bits per heavy atom. The Hall–Kier alpha value is -1.79. The van der Waals surface area contributed by atoms with Crippen LogP contribution in [0.2, 0.25) is 0 Å². The van der Waals surface area contributed by atoms with E-state index in [4.69, 9.17) is 0 Å². The van der Waals surface area contributed by atoms with Crippen molar-refractivity contribution in [2.75, 3.05) is 11.4 Å². The van der Waals surface area contributed by atoms with E-state index < -0.39 is 11.9 Å². The molecule has 4 nitrogen and oxygen atoms in total. The zero-order chi connectivity index (χ0) is 14.2. The van der Waals surface area contributed by atoms with E-state index in [1.165, 1.54) is 11.0 Å². The first-order valence-corrected chi connectivity index (χ1v) is 5.90. The molecule has 1 saturated heterocycles. The van der Waals surface area contributed by atoms with Gasteiger partial charge in [0.2, 0.25) is 0 Å².